The lowest BCUT2D eigenvalue weighted by molar-refractivity contribution is 0.0223. The highest BCUT2D eigenvalue weighted by molar-refractivity contribution is 5.27. The van der Waals surface area contributed by atoms with Crippen LogP contribution in [0.4, 0.5) is 0 Å². The second kappa shape index (κ2) is 5.90. The minimum absolute atomic E-state index is 0.778. The van der Waals surface area contributed by atoms with Gasteiger partial charge in [0.15, 0.2) is 0 Å². The summed E-state index contributed by atoms with van der Waals surface area (Å²) in [6.45, 7) is 8.21. The van der Waals surface area contributed by atoms with Gasteiger partial charge in [-0.15, -0.1) is 0 Å². The van der Waals surface area contributed by atoms with Crippen molar-refractivity contribution >= 4 is 0 Å². The zero-order valence-corrected chi connectivity index (χ0v) is 11.6. The van der Waals surface area contributed by atoms with E-state index in [4.69, 9.17) is 4.74 Å². The van der Waals surface area contributed by atoms with E-state index in [9.17, 15) is 0 Å². The summed E-state index contributed by atoms with van der Waals surface area (Å²) in [5.74, 6) is 0.936. The van der Waals surface area contributed by atoms with Crippen molar-refractivity contribution in [1.82, 2.24) is 15.1 Å². The Morgan fingerprint density at radius 2 is 1.84 bits per heavy atom. The van der Waals surface area contributed by atoms with Gasteiger partial charge in [-0.25, -0.2) is 0 Å². The number of hydrogen-bond donors (Lipinski definition) is 1. The molecule has 0 amide bonds. The molecule has 0 unspecified atom stereocenters. The van der Waals surface area contributed by atoms with E-state index in [-0.39, 0.29) is 0 Å². The zero-order chi connectivity index (χ0) is 13.1. The molecule has 2 saturated heterocycles. The van der Waals surface area contributed by atoms with E-state index in [0.29, 0.717) is 0 Å². The first-order valence-corrected chi connectivity index (χ1v) is 7.15. The first-order valence-electron chi connectivity index (χ1n) is 7.15. The summed E-state index contributed by atoms with van der Waals surface area (Å²) in [4.78, 5) is 5.15. The summed E-state index contributed by atoms with van der Waals surface area (Å²) >= 11 is 0. The van der Waals surface area contributed by atoms with Gasteiger partial charge in [0.1, 0.15) is 5.75 Å². The van der Waals surface area contributed by atoms with Gasteiger partial charge in [-0.1, -0.05) is 12.1 Å². The van der Waals surface area contributed by atoms with Gasteiger partial charge in [-0.3, -0.25) is 9.80 Å². The molecule has 1 aromatic carbocycles. The number of nitrogens with zero attached hydrogens (tertiary/aromatic N) is 2. The van der Waals surface area contributed by atoms with Crippen LogP contribution in [-0.4, -0.2) is 62.2 Å². The van der Waals surface area contributed by atoms with Gasteiger partial charge in [-0.2, -0.15) is 0 Å². The van der Waals surface area contributed by atoms with Crippen molar-refractivity contribution in [2.75, 3.05) is 46.4 Å². The third-order valence-corrected chi connectivity index (χ3v) is 4.17. The Morgan fingerprint density at radius 1 is 1.16 bits per heavy atom. The lowest BCUT2D eigenvalue weighted by atomic mass is 10.0. The van der Waals surface area contributed by atoms with Crippen LogP contribution in [0.25, 0.3) is 0 Å². The molecular formula is C15H23N3O. The van der Waals surface area contributed by atoms with Crippen molar-refractivity contribution in [3.63, 3.8) is 0 Å². The van der Waals surface area contributed by atoms with Crippen molar-refractivity contribution < 1.29 is 4.74 Å². The highest BCUT2D eigenvalue weighted by atomic mass is 16.5. The molecule has 3 rings (SSSR count). The molecule has 1 N–H and O–H groups in total. The van der Waals surface area contributed by atoms with Crippen LogP contribution >= 0.6 is 0 Å². The fourth-order valence-electron chi connectivity index (χ4n) is 2.94. The van der Waals surface area contributed by atoms with E-state index >= 15 is 0 Å². The summed E-state index contributed by atoms with van der Waals surface area (Å²) in [5, 5.41) is 3.41. The van der Waals surface area contributed by atoms with Gasteiger partial charge >= 0.3 is 0 Å². The predicted octanol–water partition coefficient (Wildman–Crippen LogP) is 0.785. The fourth-order valence-corrected chi connectivity index (χ4v) is 2.94. The Hall–Kier alpha value is -1.10. The van der Waals surface area contributed by atoms with Crippen molar-refractivity contribution in [2.24, 2.45) is 0 Å². The average Bonchev–Trinajstić information content (AvgIpc) is 2.44. The van der Waals surface area contributed by atoms with E-state index in [1.54, 1.807) is 7.11 Å². The standard InChI is InChI=1S/C15H23N3O/c1-19-15-4-2-13(3-5-15)10-17-11-14(12-17)18-8-6-16-7-9-18/h2-5,14,16H,6-12H2,1H3. The molecule has 19 heavy (non-hydrogen) atoms. The molecule has 4 heteroatoms. The summed E-state index contributed by atoms with van der Waals surface area (Å²) < 4.78 is 5.18. The third-order valence-electron chi connectivity index (χ3n) is 4.17. The fraction of sp³-hybridized carbons (Fsp3) is 0.600. The smallest absolute Gasteiger partial charge is 0.118 e. The second-order valence-electron chi connectivity index (χ2n) is 5.48. The summed E-state index contributed by atoms with van der Waals surface area (Å²) in [6.07, 6.45) is 0. The van der Waals surface area contributed by atoms with Gasteiger partial charge in [0, 0.05) is 51.9 Å². The molecule has 2 heterocycles. The van der Waals surface area contributed by atoms with Crippen LogP contribution < -0.4 is 10.1 Å². The SMILES string of the molecule is COc1ccc(CN2CC(N3CCNCC3)C2)cc1. The molecule has 4 nitrogen and oxygen atoms in total. The first kappa shape index (κ1) is 12.9. The maximum Gasteiger partial charge on any atom is 0.118 e. The largest absolute Gasteiger partial charge is 0.497 e. The zero-order valence-electron chi connectivity index (χ0n) is 11.6. The molecule has 104 valence electrons. The number of hydrogen-bond acceptors (Lipinski definition) is 4. The summed E-state index contributed by atoms with van der Waals surface area (Å²) in [6, 6.07) is 9.19. The average molecular weight is 261 g/mol. The van der Waals surface area contributed by atoms with Gasteiger partial charge in [-0.05, 0) is 17.7 Å². The van der Waals surface area contributed by atoms with Crippen LogP contribution in [0.15, 0.2) is 24.3 Å². The van der Waals surface area contributed by atoms with Crippen molar-refractivity contribution in [1.29, 1.82) is 0 Å². The molecule has 0 radical (unpaired) electrons. The predicted molar refractivity (Wildman–Crippen MR) is 76.5 cm³/mol. The maximum absolute atomic E-state index is 5.18. The van der Waals surface area contributed by atoms with Crippen molar-refractivity contribution in [3.05, 3.63) is 29.8 Å². The van der Waals surface area contributed by atoms with E-state index in [0.717, 1.165) is 31.4 Å². The topological polar surface area (TPSA) is 27.7 Å². The summed E-state index contributed by atoms with van der Waals surface area (Å²) in [7, 11) is 1.71. The highest BCUT2D eigenvalue weighted by Gasteiger charge is 2.31. The maximum atomic E-state index is 5.18. The van der Waals surface area contributed by atoms with Gasteiger partial charge in [0.2, 0.25) is 0 Å². The number of benzene rings is 1. The minimum atomic E-state index is 0.778. The van der Waals surface area contributed by atoms with E-state index in [1.165, 1.54) is 31.7 Å². The van der Waals surface area contributed by atoms with E-state index in [2.05, 4.69) is 27.2 Å². The van der Waals surface area contributed by atoms with Crippen molar-refractivity contribution in [2.45, 2.75) is 12.6 Å². The highest BCUT2D eigenvalue weighted by Crippen LogP contribution is 2.19. The Kier molecular flexibility index (Phi) is 4.01. The molecule has 0 atom stereocenters. The molecule has 2 fully saturated rings. The molecule has 0 aromatic heterocycles. The van der Waals surface area contributed by atoms with Crippen LogP contribution in [0.1, 0.15) is 5.56 Å². The first-order chi connectivity index (χ1) is 9.35. The molecule has 2 aliphatic heterocycles. The van der Waals surface area contributed by atoms with E-state index < -0.39 is 0 Å². The monoisotopic (exact) mass is 261 g/mol. The number of methoxy groups -OCH3 is 1. The molecule has 0 spiro atoms. The Balaban J connectivity index is 1.45. The van der Waals surface area contributed by atoms with Crippen LogP contribution in [0.2, 0.25) is 0 Å². The van der Waals surface area contributed by atoms with Crippen LogP contribution in [0, 0.1) is 0 Å². The van der Waals surface area contributed by atoms with Crippen LogP contribution in [0.5, 0.6) is 5.75 Å². The summed E-state index contributed by atoms with van der Waals surface area (Å²) in [5.41, 5.74) is 1.37. The molecule has 0 aliphatic carbocycles. The van der Waals surface area contributed by atoms with Gasteiger partial charge in [0.05, 0.1) is 7.11 Å². The lowest BCUT2D eigenvalue weighted by Crippen LogP contribution is -2.62. The quantitative estimate of drug-likeness (QED) is 0.867. The second-order valence-corrected chi connectivity index (χ2v) is 5.48. The molecule has 1 aromatic rings. The van der Waals surface area contributed by atoms with Gasteiger partial charge < -0.3 is 10.1 Å². The number of ether oxygens (including phenoxy) is 1. The number of nitrogens with one attached hydrogen (secondary N) is 1. The number of likely N-dealkylation sites (tertiary alicyclic amines) is 1. The molecule has 0 saturated carbocycles. The third kappa shape index (κ3) is 3.08. The molecular weight excluding hydrogens is 238 g/mol. The Morgan fingerprint density at radius 3 is 2.47 bits per heavy atom. The molecule has 2 aliphatic rings. The Bertz CT molecular complexity index is 394. The van der Waals surface area contributed by atoms with Gasteiger partial charge in [0.25, 0.3) is 0 Å². The normalized spacial score (nSPS) is 22.2. The number of rotatable bonds is 4. The van der Waals surface area contributed by atoms with Crippen molar-refractivity contribution in [3.8, 4) is 5.75 Å². The Labute approximate surface area is 115 Å². The van der Waals surface area contributed by atoms with Crippen LogP contribution in [-0.2, 0) is 6.54 Å². The van der Waals surface area contributed by atoms with Crippen LogP contribution in [0.3, 0.4) is 0 Å². The molecule has 0 bridgehead atoms. The lowest BCUT2D eigenvalue weighted by Gasteiger charge is -2.46. The number of piperazine rings is 1. The van der Waals surface area contributed by atoms with E-state index in [1.807, 2.05) is 12.1 Å². The minimum Gasteiger partial charge on any atom is -0.497 e.